The molecule has 0 spiro atoms. The molecular weight excluding hydrogens is 274 g/mol. The summed E-state index contributed by atoms with van der Waals surface area (Å²) < 4.78 is 10.4. The normalized spacial score (nSPS) is 12.4. The van der Waals surface area contributed by atoms with E-state index in [0.717, 1.165) is 0 Å². The lowest BCUT2D eigenvalue weighted by Crippen LogP contribution is -2.31. The molecule has 0 aliphatic carbocycles. The Labute approximate surface area is 124 Å². The van der Waals surface area contributed by atoms with Crippen molar-refractivity contribution in [3.8, 4) is 5.75 Å². The fourth-order valence-corrected chi connectivity index (χ4v) is 1.79. The third kappa shape index (κ3) is 5.72. The van der Waals surface area contributed by atoms with E-state index in [1.807, 2.05) is 20.8 Å². The van der Waals surface area contributed by atoms with Gasteiger partial charge in [0.25, 0.3) is 0 Å². The first-order valence-corrected chi connectivity index (χ1v) is 6.56. The Morgan fingerprint density at radius 2 is 1.81 bits per heavy atom. The van der Waals surface area contributed by atoms with Crippen LogP contribution in [0.1, 0.15) is 32.3 Å². The van der Waals surface area contributed by atoms with Gasteiger partial charge in [-0.15, -0.1) is 0 Å². The zero-order valence-electron chi connectivity index (χ0n) is 12.7. The van der Waals surface area contributed by atoms with Crippen molar-refractivity contribution >= 4 is 12.1 Å². The Balaban J connectivity index is 2.87. The van der Waals surface area contributed by atoms with Gasteiger partial charge in [-0.05, 0) is 38.5 Å². The SMILES string of the molecule is COC(=O)[C@@H](CNC(=O)O)c1ccc(OC(C)(C)C)cc1. The highest BCUT2D eigenvalue weighted by Crippen LogP contribution is 2.23. The van der Waals surface area contributed by atoms with E-state index in [1.54, 1.807) is 24.3 Å². The summed E-state index contributed by atoms with van der Waals surface area (Å²) in [4.78, 5) is 22.3. The number of carbonyl (C=O) groups is 2. The second-order valence-corrected chi connectivity index (χ2v) is 5.55. The zero-order valence-corrected chi connectivity index (χ0v) is 12.7. The van der Waals surface area contributed by atoms with Crippen LogP contribution in [0.3, 0.4) is 0 Å². The largest absolute Gasteiger partial charge is 0.488 e. The highest BCUT2D eigenvalue weighted by atomic mass is 16.5. The molecule has 0 unspecified atom stereocenters. The van der Waals surface area contributed by atoms with Crippen molar-refractivity contribution < 1.29 is 24.2 Å². The van der Waals surface area contributed by atoms with Crippen LogP contribution in [0.25, 0.3) is 0 Å². The molecular formula is C15H21NO5. The number of carboxylic acid groups (broad SMARTS) is 1. The van der Waals surface area contributed by atoms with Gasteiger partial charge in [0.05, 0.1) is 13.0 Å². The molecule has 0 saturated carbocycles. The number of esters is 1. The zero-order chi connectivity index (χ0) is 16.0. The first-order chi connectivity index (χ1) is 9.73. The van der Waals surface area contributed by atoms with Gasteiger partial charge in [0, 0.05) is 6.54 Å². The quantitative estimate of drug-likeness (QED) is 0.815. The Morgan fingerprint density at radius 1 is 1.24 bits per heavy atom. The fourth-order valence-electron chi connectivity index (χ4n) is 1.79. The lowest BCUT2D eigenvalue weighted by molar-refractivity contribution is -0.142. The van der Waals surface area contributed by atoms with Gasteiger partial charge in [-0.1, -0.05) is 12.1 Å². The Kier molecular flexibility index (Phi) is 5.58. The summed E-state index contributed by atoms with van der Waals surface area (Å²) >= 11 is 0. The number of amides is 1. The topological polar surface area (TPSA) is 84.9 Å². The molecule has 21 heavy (non-hydrogen) atoms. The standard InChI is InChI=1S/C15H21NO5/c1-15(2,3)21-11-7-5-10(6-8-11)12(13(17)20-4)9-16-14(18)19/h5-8,12,16H,9H2,1-4H3,(H,18,19)/t12-/m0/s1. The Morgan fingerprint density at radius 3 is 2.24 bits per heavy atom. The second kappa shape index (κ2) is 6.97. The summed E-state index contributed by atoms with van der Waals surface area (Å²) in [6.07, 6.45) is -1.18. The number of hydrogen-bond donors (Lipinski definition) is 2. The third-order valence-corrected chi connectivity index (χ3v) is 2.65. The molecule has 0 heterocycles. The maximum atomic E-state index is 11.8. The Bertz CT molecular complexity index is 490. The van der Waals surface area contributed by atoms with Crippen LogP contribution in [-0.2, 0) is 9.53 Å². The van der Waals surface area contributed by atoms with Gasteiger partial charge in [-0.25, -0.2) is 4.79 Å². The van der Waals surface area contributed by atoms with Crippen LogP contribution < -0.4 is 10.1 Å². The number of rotatable bonds is 5. The summed E-state index contributed by atoms with van der Waals surface area (Å²) in [6, 6.07) is 6.95. The predicted octanol–water partition coefficient (Wildman–Crippen LogP) is 2.39. The van der Waals surface area contributed by atoms with Crippen LogP contribution in [0.5, 0.6) is 5.75 Å². The summed E-state index contributed by atoms with van der Waals surface area (Å²) in [6.45, 7) is 5.78. The van der Waals surface area contributed by atoms with E-state index in [9.17, 15) is 9.59 Å². The molecule has 6 nitrogen and oxygen atoms in total. The Hall–Kier alpha value is -2.24. The van der Waals surface area contributed by atoms with E-state index in [1.165, 1.54) is 7.11 Å². The van der Waals surface area contributed by atoms with Gasteiger partial charge in [0.1, 0.15) is 11.4 Å². The van der Waals surface area contributed by atoms with E-state index in [4.69, 9.17) is 14.6 Å². The molecule has 0 aliphatic heterocycles. The minimum Gasteiger partial charge on any atom is -0.488 e. The van der Waals surface area contributed by atoms with Gasteiger partial charge in [0.15, 0.2) is 0 Å². The van der Waals surface area contributed by atoms with Crippen molar-refractivity contribution in [1.29, 1.82) is 0 Å². The average molecular weight is 295 g/mol. The lowest BCUT2D eigenvalue weighted by Gasteiger charge is -2.22. The molecule has 116 valence electrons. The number of methoxy groups -OCH3 is 1. The predicted molar refractivity (Wildman–Crippen MR) is 77.6 cm³/mol. The summed E-state index contributed by atoms with van der Waals surface area (Å²) in [5.74, 6) is -0.496. The van der Waals surface area contributed by atoms with E-state index in [2.05, 4.69) is 5.32 Å². The molecule has 0 bridgehead atoms. The van der Waals surface area contributed by atoms with Crippen molar-refractivity contribution in [3.05, 3.63) is 29.8 Å². The van der Waals surface area contributed by atoms with Gasteiger partial charge in [0.2, 0.25) is 0 Å². The van der Waals surface area contributed by atoms with Crippen LogP contribution in [0.4, 0.5) is 4.79 Å². The number of benzene rings is 1. The lowest BCUT2D eigenvalue weighted by atomic mass is 9.99. The van der Waals surface area contributed by atoms with Crippen molar-refractivity contribution in [2.24, 2.45) is 0 Å². The molecule has 1 aromatic rings. The van der Waals surface area contributed by atoms with Gasteiger partial charge < -0.3 is 19.9 Å². The summed E-state index contributed by atoms with van der Waals surface area (Å²) in [7, 11) is 1.27. The number of ether oxygens (including phenoxy) is 2. The van der Waals surface area contributed by atoms with E-state index in [-0.39, 0.29) is 12.1 Å². The molecule has 1 atom stereocenters. The summed E-state index contributed by atoms with van der Waals surface area (Å²) in [5, 5.41) is 10.8. The first-order valence-electron chi connectivity index (χ1n) is 6.56. The number of nitrogens with one attached hydrogen (secondary N) is 1. The van der Waals surface area contributed by atoms with Crippen molar-refractivity contribution in [2.45, 2.75) is 32.3 Å². The van der Waals surface area contributed by atoms with Gasteiger partial charge in [-0.2, -0.15) is 0 Å². The minimum atomic E-state index is -1.18. The molecule has 2 N–H and O–H groups in total. The molecule has 1 amide bonds. The van der Waals surface area contributed by atoms with Gasteiger partial charge >= 0.3 is 12.1 Å². The van der Waals surface area contributed by atoms with Gasteiger partial charge in [-0.3, -0.25) is 4.79 Å². The summed E-state index contributed by atoms with van der Waals surface area (Å²) in [5.41, 5.74) is 0.352. The van der Waals surface area contributed by atoms with Crippen molar-refractivity contribution in [3.63, 3.8) is 0 Å². The van der Waals surface area contributed by atoms with Crippen LogP contribution in [0.2, 0.25) is 0 Å². The molecule has 0 radical (unpaired) electrons. The molecule has 0 aliphatic rings. The molecule has 6 heteroatoms. The smallest absolute Gasteiger partial charge is 0.404 e. The van der Waals surface area contributed by atoms with Crippen molar-refractivity contribution in [2.75, 3.05) is 13.7 Å². The second-order valence-electron chi connectivity index (χ2n) is 5.55. The highest BCUT2D eigenvalue weighted by molar-refractivity contribution is 5.79. The molecule has 0 saturated heterocycles. The number of hydrogen-bond acceptors (Lipinski definition) is 4. The van der Waals surface area contributed by atoms with E-state index in [0.29, 0.717) is 11.3 Å². The average Bonchev–Trinajstić information content (AvgIpc) is 2.38. The highest BCUT2D eigenvalue weighted by Gasteiger charge is 2.22. The van der Waals surface area contributed by atoms with E-state index >= 15 is 0 Å². The van der Waals surface area contributed by atoms with E-state index < -0.39 is 18.0 Å². The number of carbonyl (C=O) groups excluding carboxylic acids is 1. The minimum absolute atomic E-state index is 0.0402. The molecule has 1 rings (SSSR count). The maximum absolute atomic E-state index is 11.8. The van der Waals surface area contributed by atoms with Crippen LogP contribution >= 0.6 is 0 Å². The molecule has 1 aromatic carbocycles. The monoisotopic (exact) mass is 295 g/mol. The third-order valence-electron chi connectivity index (χ3n) is 2.65. The van der Waals surface area contributed by atoms with Crippen LogP contribution in [0.15, 0.2) is 24.3 Å². The van der Waals surface area contributed by atoms with Crippen molar-refractivity contribution in [1.82, 2.24) is 5.32 Å². The fraction of sp³-hybridized carbons (Fsp3) is 0.467. The van der Waals surface area contributed by atoms with Crippen LogP contribution in [-0.4, -0.2) is 36.4 Å². The molecule has 0 fully saturated rings. The first kappa shape index (κ1) is 16.8. The maximum Gasteiger partial charge on any atom is 0.404 e. The van der Waals surface area contributed by atoms with Crippen LogP contribution in [0, 0.1) is 0 Å². The molecule has 0 aromatic heterocycles.